The molecule has 0 spiro atoms. The maximum atomic E-state index is 10.9. The van der Waals surface area contributed by atoms with Gasteiger partial charge >= 0.3 is 0 Å². The predicted molar refractivity (Wildman–Crippen MR) is 52.8 cm³/mol. The Labute approximate surface area is 80.4 Å². The number of amides is 1. The second kappa shape index (κ2) is 4.25. The van der Waals surface area contributed by atoms with Gasteiger partial charge in [0.05, 0.1) is 0 Å². The molecule has 1 unspecified atom stereocenters. The number of carbonyl (C=O) groups is 1. The Balaban J connectivity index is 2.39. The Hall–Kier alpha value is 0.160. The Bertz CT molecular complexity index is 151. The fraction of sp³-hybridized carbons (Fsp3) is 0.857. The van der Waals surface area contributed by atoms with Crippen LogP contribution in [0.5, 0.6) is 0 Å². The number of nitrogens with zero attached hydrogens (tertiary/aromatic N) is 1. The van der Waals surface area contributed by atoms with Gasteiger partial charge in [0.15, 0.2) is 0 Å². The molecule has 1 aliphatic rings. The zero-order chi connectivity index (χ0) is 8.27. The molecule has 0 aliphatic carbocycles. The molecule has 4 heteroatoms. The molecule has 1 rings (SSSR count). The van der Waals surface area contributed by atoms with E-state index in [-0.39, 0.29) is 3.91 Å². The van der Waals surface area contributed by atoms with E-state index < -0.39 is 0 Å². The van der Waals surface area contributed by atoms with Crippen LogP contribution in [0.2, 0.25) is 0 Å². The third kappa shape index (κ3) is 2.59. The van der Waals surface area contributed by atoms with Gasteiger partial charge in [-0.05, 0) is 25.3 Å². The largest absolute Gasteiger partial charge is 0.334 e. The van der Waals surface area contributed by atoms with Crippen molar-refractivity contribution in [3.63, 3.8) is 0 Å². The first-order valence-electron chi connectivity index (χ1n) is 3.88. The molecular formula is C7H13IN2O. The lowest BCUT2D eigenvalue weighted by Gasteiger charge is -2.30. The van der Waals surface area contributed by atoms with Crippen LogP contribution in [0, 0.1) is 5.92 Å². The Kier molecular flexibility index (Phi) is 3.58. The SMILES string of the molecule is NCC1CCCN(C(=O)I)C1. The molecule has 1 saturated heterocycles. The summed E-state index contributed by atoms with van der Waals surface area (Å²) in [6.07, 6.45) is 2.29. The summed E-state index contributed by atoms with van der Waals surface area (Å²) in [7, 11) is 0. The van der Waals surface area contributed by atoms with Gasteiger partial charge in [-0.25, -0.2) is 0 Å². The maximum absolute atomic E-state index is 10.9. The van der Waals surface area contributed by atoms with Crippen LogP contribution >= 0.6 is 22.6 Å². The minimum atomic E-state index is 0.153. The fourth-order valence-electron chi connectivity index (χ4n) is 1.42. The lowest BCUT2D eigenvalue weighted by molar-refractivity contribution is 0.192. The van der Waals surface area contributed by atoms with Crippen LogP contribution in [-0.2, 0) is 0 Å². The van der Waals surface area contributed by atoms with E-state index in [1.807, 2.05) is 27.5 Å². The van der Waals surface area contributed by atoms with Gasteiger partial charge in [0.25, 0.3) is 3.91 Å². The van der Waals surface area contributed by atoms with Gasteiger partial charge in [0.1, 0.15) is 0 Å². The number of hydrogen-bond donors (Lipinski definition) is 1. The molecule has 11 heavy (non-hydrogen) atoms. The third-order valence-electron chi connectivity index (χ3n) is 2.10. The van der Waals surface area contributed by atoms with Gasteiger partial charge in [0.2, 0.25) is 0 Å². The third-order valence-corrected chi connectivity index (χ3v) is 2.78. The standard InChI is InChI=1S/C7H13IN2O/c8-7(11)10-3-1-2-6(4-9)5-10/h6H,1-5,9H2. The molecule has 1 aliphatic heterocycles. The second-order valence-corrected chi connectivity index (χ2v) is 3.87. The van der Waals surface area contributed by atoms with Crippen molar-refractivity contribution >= 4 is 26.5 Å². The summed E-state index contributed by atoms with van der Waals surface area (Å²) in [5, 5.41) is 0. The summed E-state index contributed by atoms with van der Waals surface area (Å²) in [4.78, 5) is 12.8. The van der Waals surface area contributed by atoms with Crippen molar-refractivity contribution in [1.29, 1.82) is 0 Å². The van der Waals surface area contributed by atoms with Gasteiger partial charge in [0, 0.05) is 35.7 Å². The molecule has 0 radical (unpaired) electrons. The number of carbonyl (C=O) groups excluding carboxylic acids is 1. The number of hydrogen-bond acceptors (Lipinski definition) is 2. The number of rotatable bonds is 1. The van der Waals surface area contributed by atoms with Crippen LogP contribution in [0.1, 0.15) is 12.8 Å². The molecule has 0 aromatic rings. The summed E-state index contributed by atoms with van der Waals surface area (Å²) >= 11 is 1.83. The molecule has 0 aromatic heterocycles. The predicted octanol–water partition coefficient (Wildman–Crippen LogP) is 1.21. The quantitative estimate of drug-likeness (QED) is 0.441. The molecule has 1 fully saturated rings. The van der Waals surface area contributed by atoms with Gasteiger partial charge in [-0.2, -0.15) is 0 Å². The molecular weight excluding hydrogens is 255 g/mol. The summed E-state index contributed by atoms with van der Waals surface area (Å²) in [6, 6.07) is 0. The number of halogens is 1. The van der Waals surface area contributed by atoms with Gasteiger partial charge in [-0.1, -0.05) is 0 Å². The van der Waals surface area contributed by atoms with E-state index in [0.29, 0.717) is 12.5 Å². The lowest BCUT2D eigenvalue weighted by atomic mass is 9.99. The van der Waals surface area contributed by atoms with Crippen LogP contribution < -0.4 is 5.73 Å². The summed E-state index contributed by atoms with van der Waals surface area (Å²) in [5.74, 6) is 0.530. The maximum Gasteiger partial charge on any atom is 0.283 e. The molecule has 0 aromatic carbocycles. The van der Waals surface area contributed by atoms with Crippen molar-refractivity contribution in [1.82, 2.24) is 4.90 Å². The summed E-state index contributed by atoms with van der Waals surface area (Å²) < 4.78 is 0.153. The van der Waals surface area contributed by atoms with Crippen molar-refractivity contribution in [2.24, 2.45) is 11.7 Å². The average molecular weight is 268 g/mol. The highest BCUT2D eigenvalue weighted by Gasteiger charge is 2.20. The highest BCUT2D eigenvalue weighted by Crippen LogP contribution is 2.16. The highest BCUT2D eigenvalue weighted by atomic mass is 127. The van der Waals surface area contributed by atoms with E-state index in [1.165, 1.54) is 6.42 Å². The Morgan fingerprint density at radius 1 is 1.73 bits per heavy atom. The van der Waals surface area contributed by atoms with E-state index in [4.69, 9.17) is 5.73 Å². The van der Waals surface area contributed by atoms with Crippen molar-refractivity contribution in [3.8, 4) is 0 Å². The van der Waals surface area contributed by atoms with E-state index >= 15 is 0 Å². The number of likely N-dealkylation sites (tertiary alicyclic amines) is 1. The number of piperidine rings is 1. The van der Waals surface area contributed by atoms with Crippen LogP contribution in [0.3, 0.4) is 0 Å². The Morgan fingerprint density at radius 2 is 2.45 bits per heavy atom. The average Bonchev–Trinajstić information content (AvgIpc) is 2.05. The van der Waals surface area contributed by atoms with Crippen LogP contribution in [0.4, 0.5) is 4.79 Å². The minimum Gasteiger partial charge on any atom is -0.334 e. The summed E-state index contributed by atoms with van der Waals surface area (Å²) in [5.41, 5.74) is 5.53. The molecule has 0 saturated carbocycles. The first kappa shape index (κ1) is 9.25. The van der Waals surface area contributed by atoms with E-state index in [0.717, 1.165) is 19.5 Å². The van der Waals surface area contributed by atoms with Crippen molar-refractivity contribution in [2.45, 2.75) is 12.8 Å². The molecule has 2 N–H and O–H groups in total. The normalized spacial score (nSPS) is 25.3. The van der Waals surface area contributed by atoms with Gasteiger partial charge in [-0.3, -0.25) is 4.79 Å². The molecule has 1 heterocycles. The van der Waals surface area contributed by atoms with Crippen molar-refractivity contribution in [2.75, 3.05) is 19.6 Å². The molecule has 3 nitrogen and oxygen atoms in total. The lowest BCUT2D eigenvalue weighted by Crippen LogP contribution is -2.39. The molecule has 0 bridgehead atoms. The van der Waals surface area contributed by atoms with Crippen LogP contribution in [0.15, 0.2) is 0 Å². The minimum absolute atomic E-state index is 0.153. The fourth-order valence-corrected chi connectivity index (χ4v) is 1.86. The summed E-state index contributed by atoms with van der Waals surface area (Å²) in [6.45, 7) is 2.48. The van der Waals surface area contributed by atoms with Gasteiger partial charge < -0.3 is 10.6 Å². The zero-order valence-electron chi connectivity index (χ0n) is 6.42. The first-order valence-corrected chi connectivity index (χ1v) is 4.96. The van der Waals surface area contributed by atoms with E-state index in [1.54, 1.807) is 0 Å². The highest BCUT2D eigenvalue weighted by molar-refractivity contribution is 14.1. The van der Waals surface area contributed by atoms with Crippen LogP contribution in [0.25, 0.3) is 0 Å². The van der Waals surface area contributed by atoms with Crippen molar-refractivity contribution in [3.05, 3.63) is 0 Å². The molecule has 1 amide bonds. The monoisotopic (exact) mass is 268 g/mol. The van der Waals surface area contributed by atoms with Gasteiger partial charge in [-0.15, -0.1) is 0 Å². The topological polar surface area (TPSA) is 46.3 Å². The van der Waals surface area contributed by atoms with Crippen LogP contribution in [-0.4, -0.2) is 28.4 Å². The Morgan fingerprint density at radius 3 is 3.00 bits per heavy atom. The van der Waals surface area contributed by atoms with Crippen molar-refractivity contribution < 1.29 is 4.79 Å². The molecule has 1 atom stereocenters. The smallest absolute Gasteiger partial charge is 0.283 e. The number of nitrogens with two attached hydrogens (primary N) is 1. The van der Waals surface area contributed by atoms with E-state index in [2.05, 4.69) is 0 Å². The zero-order valence-corrected chi connectivity index (χ0v) is 8.58. The molecule has 64 valence electrons. The second-order valence-electron chi connectivity index (χ2n) is 2.94. The first-order chi connectivity index (χ1) is 5.24. The van der Waals surface area contributed by atoms with E-state index in [9.17, 15) is 4.79 Å².